The topological polar surface area (TPSA) is 93.7 Å². The van der Waals surface area contributed by atoms with Crippen LogP contribution in [0.3, 0.4) is 0 Å². The second-order valence-corrected chi connectivity index (χ2v) is 7.46. The Bertz CT molecular complexity index is 652. The first-order valence-corrected chi connectivity index (χ1v) is 9.44. The van der Waals surface area contributed by atoms with Crippen molar-refractivity contribution >= 4 is 28.2 Å². The molecule has 7 nitrogen and oxygen atoms in total. The van der Waals surface area contributed by atoms with Gasteiger partial charge in [-0.05, 0) is 25.6 Å². The molecular weight excluding hydrogens is 368 g/mol. The van der Waals surface area contributed by atoms with Crippen molar-refractivity contribution in [3.63, 3.8) is 0 Å². The van der Waals surface area contributed by atoms with Crippen molar-refractivity contribution < 1.29 is 22.7 Å². The third-order valence-electron chi connectivity index (χ3n) is 3.47. The van der Waals surface area contributed by atoms with Gasteiger partial charge in [-0.25, -0.2) is 8.42 Å². The van der Waals surface area contributed by atoms with Crippen molar-refractivity contribution in [1.82, 2.24) is 10.6 Å². The van der Waals surface area contributed by atoms with Crippen molar-refractivity contribution in [3.8, 4) is 11.5 Å². The summed E-state index contributed by atoms with van der Waals surface area (Å²) in [6.45, 7) is 5.20. The van der Waals surface area contributed by atoms with Gasteiger partial charge in [0.2, 0.25) is 5.91 Å². The van der Waals surface area contributed by atoms with E-state index in [0.29, 0.717) is 18.0 Å². The molecule has 2 N–H and O–H groups in total. The van der Waals surface area contributed by atoms with E-state index in [1.54, 1.807) is 0 Å². The molecule has 0 spiro atoms. The maximum atomic E-state index is 12.4. The molecule has 1 amide bonds. The number of likely N-dealkylation sites (N-methyl/N-ethyl adjacent to an activating group) is 1. The minimum Gasteiger partial charge on any atom is -0.493 e. The second kappa shape index (κ2) is 11.2. The fourth-order valence-corrected chi connectivity index (χ4v) is 3.38. The van der Waals surface area contributed by atoms with Crippen LogP contribution in [0.2, 0.25) is 0 Å². The Labute approximate surface area is 155 Å². The molecule has 0 bridgehead atoms. The van der Waals surface area contributed by atoms with Crippen LogP contribution < -0.4 is 20.1 Å². The van der Waals surface area contributed by atoms with Crippen LogP contribution in [0.25, 0.3) is 0 Å². The molecule has 0 aliphatic heterocycles. The molecule has 0 aromatic heterocycles. The number of hydrogen-bond donors (Lipinski definition) is 2. The molecule has 1 atom stereocenters. The Morgan fingerprint density at radius 2 is 1.84 bits per heavy atom. The highest BCUT2D eigenvalue weighted by molar-refractivity contribution is 7.91. The molecule has 0 fully saturated rings. The lowest BCUT2D eigenvalue weighted by molar-refractivity contribution is -0.120. The Morgan fingerprint density at radius 3 is 2.40 bits per heavy atom. The van der Waals surface area contributed by atoms with Gasteiger partial charge < -0.3 is 20.1 Å². The molecular formula is C16H27ClN2O5S. The fourth-order valence-electron chi connectivity index (χ4n) is 2.13. The fraction of sp³-hybridized carbons (Fsp3) is 0.562. The summed E-state index contributed by atoms with van der Waals surface area (Å²) >= 11 is 0. The number of ether oxygens (including phenoxy) is 2. The van der Waals surface area contributed by atoms with Crippen molar-refractivity contribution in [2.75, 3.05) is 33.1 Å². The molecule has 1 aromatic rings. The van der Waals surface area contributed by atoms with Gasteiger partial charge >= 0.3 is 0 Å². The number of carbonyl (C=O) groups is 1. The number of carbonyl (C=O) groups excluding carboxylic acids is 1. The van der Waals surface area contributed by atoms with E-state index < -0.39 is 9.84 Å². The zero-order chi connectivity index (χ0) is 18.2. The molecule has 0 saturated heterocycles. The highest BCUT2D eigenvalue weighted by Gasteiger charge is 2.19. The van der Waals surface area contributed by atoms with E-state index in [2.05, 4.69) is 10.6 Å². The summed E-state index contributed by atoms with van der Waals surface area (Å²) in [4.78, 5) is 11.9. The molecule has 0 aliphatic rings. The smallest absolute Gasteiger partial charge is 0.221 e. The zero-order valence-corrected chi connectivity index (χ0v) is 16.6. The average molecular weight is 395 g/mol. The molecule has 144 valence electrons. The normalized spacial score (nSPS) is 12.0. The molecule has 0 unspecified atom stereocenters. The molecule has 9 heteroatoms. The molecule has 1 rings (SSSR count). The minimum atomic E-state index is -3.57. The Morgan fingerprint density at radius 1 is 1.20 bits per heavy atom. The summed E-state index contributed by atoms with van der Waals surface area (Å²) in [5.41, 5.74) is 0. The Kier molecular flexibility index (Phi) is 10.5. The van der Waals surface area contributed by atoms with E-state index >= 15 is 0 Å². The maximum Gasteiger partial charge on any atom is 0.221 e. The summed E-state index contributed by atoms with van der Waals surface area (Å²) in [7, 11) is -0.659. The highest BCUT2D eigenvalue weighted by Crippen LogP contribution is 2.29. The number of amides is 1. The lowest BCUT2D eigenvalue weighted by Crippen LogP contribution is -2.39. The quantitative estimate of drug-likeness (QED) is 0.623. The lowest BCUT2D eigenvalue weighted by Gasteiger charge is -2.13. The number of sulfone groups is 1. The van der Waals surface area contributed by atoms with E-state index in [1.165, 1.54) is 32.4 Å². The van der Waals surface area contributed by atoms with Gasteiger partial charge in [0.15, 0.2) is 21.3 Å². The summed E-state index contributed by atoms with van der Waals surface area (Å²) in [5, 5.41) is 5.89. The lowest BCUT2D eigenvalue weighted by atomic mass is 10.3. The van der Waals surface area contributed by atoms with Crippen molar-refractivity contribution in [1.29, 1.82) is 0 Å². The molecule has 0 radical (unpaired) electrons. The first kappa shape index (κ1) is 23.5. The van der Waals surface area contributed by atoms with Crippen LogP contribution in [0, 0.1) is 0 Å². The van der Waals surface area contributed by atoms with E-state index in [-0.39, 0.29) is 41.4 Å². The monoisotopic (exact) mass is 394 g/mol. The van der Waals surface area contributed by atoms with Crippen molar-refractivity contribution in [2.24, 2.45) is 0 Å². The first-order valence-electron chi connectivity index (χ1n) is 7.79. The van der Waals surface area contributed by atoms with Gasteiger partial charge in [0.25, 0.3) is 0 Å². The van der Waals surface area contributed by atoms with Crippen LogP contribution in [0.4, 0.5) is 0 Å². The van der Waals surface area contributed by atoms with Gasteiger partial charge in [0.1, 0.15) is 0 Å². The number of methoxy groups -OCH3 is 2. The van der Waals surface area contributed by atoms with Gasteiger partial charge in [0, 0.05) is 25.1 Å². The third kappa shape index (κ3) is 7.50. The predicted octanol–water partition coefficient (Wildman–Crippen LogP) is 1.40. The second-order valence-electron chi connectivity index (χ2n) is 5.35. The van der Waals surface area contributed by atoms with Gasteiger partial charge in [-0.2, -0.15) is 0 Å². The van der Waals surface area contributed by atoms with Crippen LogP contribution >= 0.6 is 12.4 Å². The first-order chi connectivity index (χ1) is 11.3. The van der Waals surface area contributed by atoms with Crippen LogP contribution in [0.5, 0.6) is 11.5 Å². The average Bonchev–Trinajstić information content (AvgIpc) is 2.57. The number of halogens is 1. The van der Waals surface area contributed by atoms with E-state index in [4.69, 9.17) is 9.47 Å². The van der Waals surface area contributed by atoms with E-state index in [1.807, 2.05) is 13.8 Å². The standard InChI is InChI=1S/C16H26N2O5S.ClH/c1-5-17-12(2)11-18-16(19)8-9-24(20,21)13-6-7-14(22-3)15(10-13)23-4;/h6-7,10,12,17H,5,8-9,11H2,1-4H3,(H,18,19);1H/t12-;/m1./s1. The van der Waals surface area contributed by atoms with Crippen LogP contribution in [-0.4, -0.2) is 53.4 Å². The van der Waals surface area contributed by atoms with Crippen molar-refractivity contribution in [2.45, 2.75) is 31.2 Å². The SMILES string of the molecule is CCN[C@H](C)CNC(=O)CCS(=O)(=O)c1ccc(OC)c(OC)c1.Cl. The largest absolute Gasteiger partial charge is 0.493 e. The van der Waals surface area contributed by atoms with Gasteiger partial charge in [-0.15, -0.1) is 12.4 Å². The summed E-state index contributed by atoms with van der Waals surface area (Å²) in [5.74, 6) is 0.238. The number of nitrogens with one attached hydrogen (secondary N) is 2. The van der Waals surface area contributed by atoms with Crippen molar-refractivity contribution in [3.05, 3.63) is 18.2 Å². The molecule has 0 aliphatic carbocycles. The zero-order valence-electron chi connectivity index (χ0n) is 15.0. The summed E-state index contributed by atoms with van der Waals surface area (Å²) in [6, 6.07) is 4.52. The summed E-state index contributed by atoms with van der Waals surface area (Å²) < 4.78 is 34.9. The molecule has 25 heavy (non-hydrogen) atoms. The van der Waals surface area contributed by atoms with Crippen LogP contribution in [0.1, 0.15) is 20.3 Å². The van der Waals surface area contributed by atoms with Gasteiger partial charge in [0.05, 0.1) is 24.9 Å². The van der Waals surface area contributed by atoms with Crippen LogP contribution in [-0.2, 0) is 14.6 Å². The Balaban J connectivity index is 0.00000576. The highest BCUT2D eigenvalue weighted by atomic mass is 35.5. The maximum absolute atomic E-state index is 12.4. The predicted molar refractivity (Wildman–Crippen MR) is 99.6 cm³/mol. The van der Waals surface area contributed by atoms with Gasteiger partial charge in [-0.1, -0.05) is 6.92 Å². The summed E-state index contributed by atoms with van der Waals surface area (Å²) in [6.07, 6.45) is -0.0878. The number of benzene rings is 1. The molecule has 1 aromatic carbocycles. The number of rotatable bonds is 10. The van der Waals surface area contributed by atoms with Crippen LogP contribution in [0.15, 0.2) is 23.1 Å². The Hall–Kier alpha value is -1.51. The van der Waals surface area contributed by atoms with E-state index in [0.717, 1.165) is 6.54 Å². The van der Waals surface area contributed by atoms with E-state index in [9.17, 15) is 13.2 Å². The minimum absolute atomic E-state index is 0. The van der Waals surface area contributed by atoms with Gasteiger partial charge in [-0.3, -0.25) is 4.79 Å². The molecule has 0 heterocycles. The third-order valence-corrected chi connectivity index (χ3v) is 5.18. The number of hydrogen-bond acceptors (Lipinski definition) is 6. The molecule has 0 saturated carbocycles.